The van der Waals surface area contributed by atoms with Gasteiger partial charge in [-0.2, -0.15) is 0 Å². The summed E-state index contributed by atoms with van der Waals surface area (Å²) < 4.78 is 37.5. The second kappa shape index (κ2) is 7.04. The molecule has 0 saturated heterocycles. The highest BCUT2D eigenvalue weighted by molar-refractivity contribution is 5.72. The quantitative estimate of drug-likeness (QED) is 0.521. The average Bonchev–Trinajstić information content (AvgIpc) is 3.04. The minimum absolute atomic E-state index is 0.0362. The molecule has 2 aromatic carbocycles. The summed E-state index contributed by atoms with van der Waals surface area (Å²) in [6.45, 7) is 0. The highest BCUT2D eigenvalue weighted by Gasteiger charge is 2.13. The summed E-state index contributed by atoms with van der Waals surface area (Å²) in [7, 11) is 0. The zero-order valence-electron chi connectivity index (χ0n) is 12.5. The van der Waals surface area contributed by atoms with E-state index in [-0.39, 0.29) is 30.2 Å². The molecule has 1 heterocycles. The van der Waals surface area contributed by atoms with Crippen molar-refractivity contribution in [2.24, 2.45) is 0 Å². The molecule has 1 aromatic heterocycles. The number of aryl methyl sites for hydroxylation is 1. The molecule has 3 rings (SSSR count). The Kier molecular flexibility index (Phi) is 4.65. The molecule has 0 amide bonds. The molecule has 4 nitrogen and oxygen atoms in total. The molecule has 24 heavy (non-hydrogen) atoms. The van der Waals surface area contributed by atoms with E-state index in [0.29, 0.717) is 5.56 Å². The molecule has 0 atom stereocenters. The van der Waals surface area contributed by atoms with E-state index in [2.05, 4.69) is 4.98 Å². The van der Waals surface area contributed by atoms with Gasteiger partial charge in [0, 0.05) is 6.42 Å². The number of hydrogen-bond donors (Lipinski definition) is 0. The van der Waals surface area contributed by atoms with Crippen LogP contribution in [0.15, 0.2) is 59.1 Å². The van der Waals surface area contributed by atoms with Gasteiger partial charge in [0.2, 0.25) is 0 Å². The van der Waals surface area contributed by atoms with Crippen molar-refractivity contribution in [1.82, 2.24) is 4.98 Å². The van der Waals surface area contributed by atoms with Crippen LogP contribution in [0.1, 0.15) is 12.3 Å². The van der Waals surface area contributed by atoms with Crippen LogP contribution < -0.4 is 4.74 Å². The molecule has 0 aliphatic rings. The van der Waals surface area contributed by atoms with E-state index in [1.165, 1.54) is 30.5 Å². The van der Waals surface area contributed by atoms with E-state index in [4.69, 9.17) is 9.15 Å². The molecule has 0 N–H and O–H groups in total. The van der Waals surface area contributed by atoms with Gasteiger partial charge < -0.3 is 9.15 Å². The van der Waals surface area contributed by atoms with Crippen molar-refractivity contribution in [1.29, 1.82) is 0 Å². The Morgan fingerprint density at radius 3 is 2.50 bits per heavy atom. The van der Waals surface area contributed by atoms with Crippen molar-refractivity contribution in [3.8, 4) is 17.1 Å². The fourth-order valence-corrected chi connectivity index (χ4v) is 2.12. The molecule has 6 heteroatoms. The van der Waals surface area contributed by atoms with Gasteiger partial charge >= 0.3 is 5.97 Å². The lowest BCUT2D eigenvalue weighted by Crippen LogP contribution is -2.10. The number of carbonyl (C=O) groups excluding carboxylic acids is 1. The van der Waals surface area contributed by atoms with Gasteiger partial charge in [-0.1, -0.05) is 24.3 Å². The van der Waals surface area contributed by atoms with Crippen LogP contribution in [-0.2, 0) is 11.2 Å². The monoisotopic (exact) mass is 329 g/mol. The van der Waals surface area contributed by atoms with Crippen LogP contribution in [0, 0.1) is 11.6 Å². The van der Waals surface area contributed by atoms with Crippen LogP contribution in [0.3, 0.4) is 0 Å². The van der Waals surface area contributed by atoms with Gasteiger partial charge in [0.05, 0.1) is 18.2 Å². The van der Waals surface area contributed by atoms with E-state index in [0.717, 1.165) is 0 Å². The molecule has 3 aromatic rings. The molecule has 122 valence electrons. The van der Waals surface area contributed by atoms with E-state index in [9.17, 15) is 13.6 Å². The number of para-hydroxylation sites is 1. The Balaban J connectivity index is 1.61. The number of rotatable bonds is 5. The maximum atomic E-state index is 13.7. The van der Waals surface area contributed by atoms with E-state index >= 15 is 0 Å². The summed E-state index contributed by atoms with van der Waals surface area (Å²) in [5.41, 5.74) is 0.296. The van der Waals surface area contributed by atoms with Gasteiger partial charge in [0.1, 0.15) is 5.82 Å². The first kappa shape index (κ1) is 15.9. The third-order valence-electron chi connectivity index (χ3n) is 3.30. The molecular weight excluding hydrogens is 316 g/mol. The number of benzene rings is 2. The Hall–Kier alpha value is -3.02. The summed E-state index contributed by atoms with van der Waals surface area (Å²) in [6.07, 6.45) is 1.53. The molecule has 0 aliphatic carbocycles. The minimum Gasteiger partial charge on any atom is -0.441 e. The normalized spacial score (nSPS) is 10.6. The molecule has 0 saturated carbocycles. The predicted molar refractivity (Wildman–Crippen MR) is 82.3 cm³/mol. The van der Waals surface area contributed by atoms with Crippen LogP contribution in [0.4, 0.5) is 8.78 Å². The minimum atomic E-state index is -0.608. The Bertz CT molecular complexity index is 861. The van der Waals surface area contributed by atoms with E-state index in [1.54, 1.807) is 24.3 Å². The average molecular weight is 329 g/mol. The lowest BCUT2D eigenvalue weighted by Gasteiger charge is -2.04. The summed E-state index contributed by atoms with van der Waals surface area (Å²) in [6, 6.07) is 11.8. The van der Waals surface area contributed by atoms with Crippen molar-refractivity contribution in [2.45, 2.75) is 12.8 Å². The first-order valence-corrected chi connectivity index (χ1v) is 7.28. The van der Waals surface area contributed by atoms with Gasteiger partial charge in [-0.25, -0.2) is 13.8 Å². The fourth-order valence-electron chi connectivity index (χ4n) is 2.12. The highest BCUT2D eigenvalue weighted by atomic mass is 19.1. The molecule has 0 bridgehead atoms. The van der Waals surface area contributed by atoms with Crippen molar-refractivity contribution in [3.05, 3.63) is 72.3 Å². The second-order valence-corrected chi connectivity index (χ2v) is 5.00. The number of aromatic nitrogens is 1. The third kappa shape index (κ3) is 3.65. The number of hydrogen-bond acceptors (Lipinski definition) is 4. The van der Waals surface area contributed by atoms with Crippen LogP contribution in [0.5, 0.6) is 5.75 Å². The second-order valence-electron chi connectivity index (χ2n) is 5.00. The molecule has 0 unspecified atom stereocenters. The predicted octanol–water partition coefficient (Wildman–Crippen LogP) is 4.16. The van der Waals surface area contributed by atoms with E-state index < -0.39 is 17.6 Å². The number of esters is 1. The maximum absolute atomic E-state index is 13.7. The lowest BCUT2D eigenvalue weighted by molar-refractivity contribution is -0.134. The van der Waals surface area contributed by atoms with Crippen LogP contribution in [0.2, 0.25) is 0 Å². The zero-order valence-corrected chi connectivity index (χ0v) is 12.5. The topological polar surface area (TPSA) is 52.3 Å². The van der Waals surface area contributed by atoms with E-state index in [1.807, 2.05) is 0 Å². The van der Waals surface area contributed by atoms with Crippen LogP contribution in [-0.4, -0.2) is 11.0 Å². The Labute approximate surface area is 136 Å². The molecular formula is C18H13F2NO3. The van der Waals surface area contributed by atoms with Gasteiger partial charge in [-0.05, 0) is 24.3 Å². The first-order valence-electron chi connectivity index (χ1n) is 7.28. The molecule has 0 spiro atoms. The summed E-state index contributed by atoms with van der Waals surface area (Å²) in [5.74, 6) is -1.19. The fraction of sp³-hybridized carbons (Fsp3) is 0.111. The van der Waals surface area contributed by atoms with Crippen LogP contribution in [0.25, 0.3) is 11.3 Å². The number of oxazole rings is 1. The molecule has 0 radical (unpaired) electrons. The first-order chi connectivity index (χ1) is 11.6. The molecule has 0 fully saturated rings. The van der Waals surface area contributed by atoms with Gasteiger partial charge in [-0.15, -0.1) is 0 Å². The highest BCUT2D eigenvalue weighted by Crippen LogP contribution is 2.23. The standard InChI is InChI=1S/C18H13F2NO3/c19-13-6-2-1-5-12(13)16-11-21-17(23-16)9-10-18(22)24-15-8-4-3-7-14(15)20/h1-8,11H,9-10H2. The largest absolute Gasteiger partial charge is 0.441 e. The van der Waals surface area contributed by atoms with Crippen molar-refractivity contribution < 1.29 is 22.7 Å². The van der Waals surface area contributed by atoms with Crippen molar-refractivity contribution in [2.75, 3.05) is 0 Å². The van der Waals surface area contributed by atoms with Gasteiger partial charge in [0.25, 0.3) is 0 Å². The van der Waals surface area contributed by atoms with Crippen molar-refractivity contribution >= 4 is 5.97 Å². The SMILES string of the molecule is O=C(CCc1ncc(-c2ccccc2F)o1)Oc1ccccc1F. The van der Waals surface area contributed by atoms with Crippen molar-refractivity contribution in [3.63, 3.8) is 0 Å². The summed E-state index contributed by atoms with van der Waals surface area (Å²) >= 11 is 0. The Morgan fingerprint density at radius 2 is 1.75 bits per heavy atom. The Morgan fingerprint density at radius 1 is 1.04 bits per heavy atom. The number of ether oxygens (including phenoxy) is 1. The number of carbonyl (C=O) groups is 1. The smallest absolute Gasteiger partial charge is 0.311 e. The summed E-state index contributed by atoms with van der Waals surface area (Å²) in [5, 5.41) is 0. The number of nitrogens with zero attached hydrogens (tertiary/aromatic N) is 1. The lowest BCUT2D eigenvalue weighted by atomic mass is 10.2. The summed E-state index contributed by atoms with van der Waals surface area (Å²) in [4.78, 5) is 15.8. The van der Waals surface area contributed by atoms with Crippen LogP contribution >= 0.6 is 0 Å². The third-order valence-corrected chi connectivity index (χ3v) is 3.30. The zero-order chi connectivity index (χ0) is 16.9. The molecule has 0 aliphatic heterocycles. The maximum Gasteiger partial charge on any atom is 0.311 e. The van der Waals surface area contributed by atoms with Gasteiger partial charge in [0.15, 0.2) is 23.2 Å². The van der Waals surface area contributed by atoms with Gasteiger partial charge in [-0.3, -0.25) is 4.79 Å². The number of halogens is 2.